The lowest BCUT2D eigenvalue weighted by molar-refractivity contribution is 0.669. The monoisotopic (exact) mass is 791 g/mol. The Morgan fingerprint density at radius 1 is 0.290 bits per heavy atom. The number of para-hydroxylation sites is 5. The summed E-state index contributed by atoms with van der Waals surface area (Å²) in [6.45, 7) is 0. The molecule has 13 aromatic rings. The highest BCUT2D eigenvalue weighted by molar-refractivity contribution is 6.12. The summed E-state index contributed by atoms with van der Waals surface area (Å²) in [5.41, 5.74) is 14.5. The summed E-state index contributed by atoms with van der Waals surface area (Å²) in [5.74, 6) is 0. The van der Waals surface area contributed by atoms with Gasteiger partial charge in [0.1, 0.15) is 11.2 Å². The van der Waals surface area contributed by atoms with Crippen LogP contribution in [-0.4, -0.2) is 9.13 Å². The molecule has 4 nitrogen and oxygen atoms in total. The molecule has 62 heavy (non-hydrogen) atoms. The molecule has 0 aliphatic rings. The molecule has 0 amide bonds. The maximum atomic E-state index is 6.27. The molecule has 0 bridgehead atoms. The summed E-state index contributed by atoms with van der Waals surface area (Å²) in [7, 11) is 0. The summed E-state index contributed by atoms with van der Waals surface area (Å²) in [6, 6.07) is 81.1. The average Bonchev–Trinajstić information content (AvgIpc) is 3.99. The molecule has 10 aromatic carbocycles. The topological polar surface area (TPSA) is 26.2 Å². The van der Waals surface area contributed by atoms with E-state index in [1.807, 2.05) is 12.1 Å². The Hall–Kier alpha value is -8.34. The van der Waals surface area contributed by atoms with Crippen molar-refractivity contribution in [2.75, 3.05) is 4.90 Å². The highest BCUT2D eigenvalue weighted by atomic mass is 16.3. The lowest BCUT2D eigenvalue weighted by atomic mass is 9.99. The number of benzene rings is 10. The standard InChI is InChI=1S/C58H37N3O/c1-2-12-42(13-3-1)60-55-20-10-6-16-49(55)51-36-41(25-32-56(51)60)38-22-23-40-35-45(26-24-39(40)34-38)59(46-31-33-58-52(37-46)50-17-7-11-21-57(50)62-58)43-27-29-44(30-28-43)61-53-18-8-4-14-47(53)48-15-5-9-19-54(48)61/h1-37H. The zero-order valence-corrected chi connectivity index (χ0v) is 33.6. The van der Waals surface area contributed by atoms with E-state index in [0.29, 0.717) is 0 Å². The molecular formula is C58H37N3O. The molecule has 0 saturated carbocycles. The van der Waals surface area contributed by atoms with Gasteiger partial charge in [-0.25, -0.2) is 0 Å². The lowest BCUT2D eigenvalue weighted by Gasteiger charge is -2.26. The van der Waals surface area contributed by atoms with E-state index in [1.54, 1.807) is 0 Å². The van der Waals surface area contributed by atoms with Crippen LogP contribution in [0.25, 0.3) is 98.8 Å². The second kappa shape index (κ2) is 13.6. The molecule has 13 rings (SSSR count). The van der Waals surface area contributed by atoms with E-state index in [4.69, 9.17) is 4.42 Å². The number of nitrogens with zero attached hydrogens (tertiary/aromatic N) is 3. The molecule has 0 N–H and O–H groups in total. The smallest absolute Gasteiger partial charge is 0.135 e. The van der Waals surface area contributed by atoms with E-state index in [0.717, 1.165) is 44.7 Å². The van der Waals surface area contributed by atoms with Gasteiger partial charge in [0.15, 0.2) is 0 Å². The Labute approximate surface area is 357 Å². The van der Waals surface area contributed by atoms with E-state index in [-0.39, 0.29) is 0 Å². The first-order chi connectivity index (χ1) is 30.7. The molecule has 3 heterocycles. The van der Waals surface area contributed by atoms with Crippen molar-refractivity contribution in [3.8, 4) is 22.5 Å². The van der Waals surface area contributed by atoms with Crippen LogP contribution in [0.4, 0.5) is 17.1 Å². The Balaban J connectivity index is 0.925. The van der Waals surface area contributed by atoms with Crippen molar-refractivity contribution in [1.82, 2.24) is 9.13 Å². The van der Waals surface area contributed by atoms with Crippen LogP contribution in [-0.2, 0) is 0 Å². The van der Waals surface area contributed by atoms with Crippen molar-refractivity contribution in [2.24, 2.45) is 0 Å². The van der Waals surface area contributed by atoms with Gasteiger partial charge in [-0.15, -0.1) is 0 Å². The molecule has 4 heteroatoms. The fraction of sp³-hybridized carbons (Fsp3) is 0. The molecular weight excluding hydrogens is 755 g/mol. The highest BCUT2D eigenvalue weighted by Gasteiger charge is 2.19. The third-order valence-electron chi connectivity index (χ3n) is 12.7. The van der Waals surface area contributed by atoms with Crippen LogP contribution in [0.2, 0.25) is 0 Å². The number of aromatic nitrogens is 2. The zero-order chi connectivity index (χ0) is 40.7. The zero-order valence-electron chi connectivity index (χ0n) is 33.6. The quantitative estimate of drug-likeness (QED) is 0.168. The second-order valence-electron chi connectivity index (χ2n) is 16.2. The molecule has 0 aliphatic carbocycles. The SMILES string of the molecule is c1ccc(-n2c3ccccc3c3cc(-c4ccc5cc(N(c6ccc(-n7c8ccccc8c8ccccc87)cc6)c6ccc7oc8ccccc8c7c6)ccc5c4)ccc32)cc1. The van der Waals surface area contributed by atoms with Gasteiger partial charge in [-0.2, -0.15) is 0 Å². The highest BCUT2D eigenvalue weighted by Crippen LogP contribution is 2.42. The Bertz CT molecular complexity index is 3820. The predicted molar refractivity (Wildman–Crippen MR) is 260 cm³/mol. The van der Waals surface area contributed by atoms with Crippen molar-refractivity contribution < 1.29 is 4.42 Å². The van der Waals surface area contributed by atoms with E-state index >= 15 is 0 Å². The first-order valence-electron chi connectivity index (χ1n) is 21.2. The van der Waals surface area contributed by atoms with Crippen LogP contribution >= 0.6 is 0 Å². The lowest BCUT2D eigenvalue weighted by Crippen LogP contribution is -2.10. The van der Waals surface area contributed by atoms with Crippen molar-refractivity contribution >= 4 is 93.4 Å². The van der Waals surface area contributed by atoms with Gasteiger partial charge < -0.3 is 18.5 Å². The molecule has 0 unspecified atom stereocenters. The summed E-state index contributed by atoms with van der Waals surface area (Å²) < 4.78 is 11.0. The molecule has 0 aliphatic heterocycles. The van der Waals surface area contributed by atoms with Gasteiger partial charge in [0, 0.05) is 60.8 Å². The van der Waals surface area contributed by atoms with Crippen LogP contribution in [0.3, 0.4) is 0 Å². The Morgan fingerprint density at radius 3 is 1.50 bits per heavy atom. The Kier molecular flexibility index (Phi) is 7.57. The number of rotatable bonds is 6. The molecule has 0 saturated heterocycles. The predicted octanol–water partition coefficient (Wildman–Crippen LogP) is 16.1. The van der Waals surface area contributed by atoms with Gasteiger partial charge in [-0.1, -0.05) is 115 Å². The van der Waals surface area contributed by atoms with Gasteiger partial charge in [-0.3, -0.25) is 0 Å². The number of hydrogen-bond acceptors (Lipinski definition) is 2. The second-order valence-corrected chi connectivity index (χ2v) is 16.2. The van der Waals surface area contributed by atoms with Crippen LogP contribution < -0.4 is 4.90 Å². The summed E-state index contributed by atoms with van der Waals surface area (Å²) in [5, 5.41) is 9.59. The minimum atomic E-state index is 0.880. The first kappa shape index (κ1) is 34.5. The largest absolute Gasteiger partial charge is 0.456 e. The van der Waals surface area contributed by atoms with E-state index < -0.39 is 0 Å². The molecule has 0 fully saturated rings. The Morgan fingerprint density at radius 2 is 0.774 bits per heavy atom. The van der Waals surface area contributed by atoms with Crippen molar-refractivity contribution in [3.63, 3.8) is 0 Å². The summed E-state index contributed by atoms with van der Waals surface area (Å²) >= 11 is 0. The molecule has 290 valence electrons. The van der Waals surface area contributed by atoms with Crippen molar-refractivity contribution in [2.45, 2.75) is 0 Å². The number of hydrogen-bond donors (Lipinski definition) is 0. The molecule has 0 radical (unpaired) electrons. The van der Waals surface area contributed by atoms with E-state index in [1.165, 1.54) is 71.2 Å². The van der Waals surface area contributed by atoms with Gasteiger partial charge >= 0.3 is 0 Å². The van der Waals surface area contributed by atoms with E-state index in [2.05, 4.69) is 226 Å². The van der Waals surface area contributed by atoms with Gasteiger partial charge in [0.2, 0.25) is 0 Å². The molecule has 0 atom stereocenters. The van der Waals surface area contributed by atoms with E-state index in [9.17, 15) is 0 Å². The maximum absolute atomic E-state index is 6.27. The van der Waals surface area contributed by atoms with Gasteiger partial charge in [0.25, 0.3) is 0 Å². The fourth-order valence-electron chi connectivity index (χ4n) is 9.81. The minimum Gasteiger partial charge on any atom is -0.456 e. The average molecular weight is 792 g/mol. The van der Waals surface area contributed by atoms with Gasteiger partial charge in [0.05, 0.1) is 22.1 Å². The number of furan rings is 1. The van der Waals surface area contributed by atoms with Crippen LogP contribution in [0.5, 0.6) is 0 Å². The maximum Gasteiger partial charge on any atom is 0.135 e. The normalized spacial score (nSPS) is 11.9. The van der Waals surface area contributed by atoms with Crippen molar-refractivity contribution in [1.29, 1.82) is 0 Å². The summed E-state index contributed by atoms with van der Waals surface area (Å²) in [6.07, 6.45) is 0. The summed E-state index contributed by atoms with van der Waals surface area (Å²) in [4.78, 5) is 2.36. The fourth-order valence-corrected chi connectivity index (χ4v) is 9.81. The molecule has 3 aromatic heterocycles. The third-order valence-corrected chi connectivity index (χ3v) is 12.7. The minimum absolute atomic E-state index is 0.880. The third kappa shape index (κ3) is 5.33. The first-order valence-corrected chi connectivity index (χ1v) is 21.2. The van der Waals surface area contributed by atoms with Gasteiger partial charge in [-0.05, 0) is 131 Å². The molecule has 0 spiro atoms. The van der Waals surface area contributed by atoms with Crippen LogP contribution in [0.1, 0.15) is 0 Å². The number of anilines is 3. The van der Waals surface area contributed by atoms with Crippen LogP contribution in [0.15, 0.2) is 229 Å². The van der Waals surface area contributed by atoms with Crippen molar-refractivity contribution in [3.05, 3.63) is 224 Å². The number of fused-ring (bicyclic) bond motifs is 10. The van der Waals surface area contributed by atoms with Crippen LogP contribution in [0, 0.1) is 0 Å².